The smallest absolute Gasteiger partial charge is 0.306 e. The third-order valence-electron chi connectivity index (χ3n) is 2.37. The van der Waals surface area contributed by atoms with Crippen LogP contribution in [0.25, 0.3) is 0 Å². The largest absolute Gasteiger partial charge is 0.460 e. The zero-order valence-corrected chi connectivity index (χ0v) is 12.8. The van der Waals surface area contributed by atoms with Crippen LogP contribution in [0.2, 0.25) is 0 Å². The van der Waals surface area contributed by atoms with Crippen LogP contribution in [0.15, 0.2) is 0 Å². The second-order valence-electron chi connectivity index (χ2n) is 5.37. The standard InChI is InChI=1S/C14H24N2O4/c1-14(2,3)20-13(18)7-6-12(17)16(9-5-8-15)10-11-19-4/h5-7,9-11H2,1-4H3. The molecule has 6 heteroatoms. The Morgan fingerprint density at radius 2 is 1.85 bits per heavy atom. The topological polar surface area (TPSA) is 79.6 Å². The summed E-state index contributed by atoms with van der Waals surface area (Å²) < 4.78 is 10.1. The van der Waals surface area contributed by atoms with Crippen LogP contribution in [-0.4, -0.2) is 49.2 Å². The average molecular weight is 284 g/mol. The van der Waals surface area contributed by atoms with Gasteiger partial charge in [-0.25, -0.2) is 0 Å². The van der Waals surface area contributed by atoms with Crippen molar-refractivity contribution in [2.24, 2.45) is 0 Å². The Kier molecular flexibility index (Phi) is 8.57. The van der Waals surface area contributed by atoms with Crippen molar-refractivity contribution in [1.82, 2.24) is 4.90 Å². The number of hydrogen-bond acceptors (Lipinski definition) is 5. The summed E-state index contributed by atoms with van der Waals surface area (Å²) in [6.45, 7) is 6.53. The molecule has 0 fully saturated rings. The molecule has 0 aromatic rings. The molecular formula is C14H24N2O4. The molecule has 114 valence electrons. The van der Waals surface area contributed by atoms with Crippen LogP contribution in [0, 0.1) is 11.3 Å². The van der Waals surface area contributed by atoms with Gasteiger partial charge in [-0.1, -0.05) is 0 Å². The third-order valence-corrected chi connectivity index (χ3v) is 2.37. The first kappa shape index (κ1) is 18.4. The van der Waals surface area contributed by atoms with E-state index >= 15 is 0 Å². The van der Waals surface area contributed by atoms with Crippen molar-refractivity contribution in [2.75, 3.05) is 26.8 Å². The number of amides is 1. The van der Waals surface area contributed by atoms with E-state index in [1.807, 2.05) is 6.07 Å². The van der Waals surface area contributed by atoms with E-state index in [2.05, 4.69) is 0 Å². The molecule has 0 unspecified atom stereocenters. The van der Waals surface area contributed by atoms with Crippen LogP contribution in [0.5, 0.6) is 0 Å². The minimum absolute atomic E-state index is 0.0478. The molecule has 0 aliphatic rings. The monoisotopic (exact) mass is 284 g/mol. The van der Waals surface area contributed by atoms with Crippen molar-refractivity contribution in [1.29, 1.82) is 5.26 Å². The van der Waals surface area contributed by atoms with Crippen LogP contribution >= 0.6 is 0 Å². The molecule has 0 aliphatic carbocycles. The van der Waals surface area contributed by atoms with Crippen LogP contribution in [-0.2, 0) is 19.1 Å². The molecule has 0 aromatic carbocycles. The van der Waals surface area contributed by atoms with Crippen molar-refractivity contribution in [3.8, 4) is 6.07 Å². The van der Waals surface area contributed by atoms with E-state index in [-0.39, 0.29) is 25.2 Å². The molecule has 20 heavy (non-hydrogen) atoms. The number of nitriles is 1. The molecule has 0 saturated carbocycles. The van der Waals surface area contributed by atoms with Gasteiger partial charge in [-0.05, 0) is 20.8 Å². The quantitative estimate of drug-likeness (QED) is 0.631. The summed E-state index contributed by atoms with van der Waals surface area (Å²) in [5, 5.41) is 8.57. The zero-order valence-electron chi connectivity index (χ0n) is 12.8. The van der Waals surface area contributed by atoms with Gasteiger partial charge in [0.15, 0.2) is 0 Å². The molecule has 0 saturated heterocycles. The Morgan fingerprint density at radius 3 is 2.35 bits per heavy atom. The van der Waals surface area contributed by atoms with Crippen molar-refractivity contribution in [2.45, 2.75) is 45.6 Å². The Bertz CT molecular complexity index is 355. The molecule has 0 aromatic heterocycles. The van der Waals surface area contributed by atoms with Crippen molar-refractivity contribution in [3.05, 3.63) is 0 Å². The first-order valence-corrected chi connectivity index (χ1v) is 6.65. The maximum atomic E-state index is 12.0. The fraction of sp³-hybridized carbons (Fsp3) is 0.786. The molecule has 0 bridgehead atoms. The van der Waals surface area contributed by atoms with Gasteiger partial charge in [-0.2, -0.15) is 5.26 Å². The molecule has 1 amide bonds. The molecule has 6 nitrogen and oxygen atoms in total. The maximum absolute atomic E-state index is 12.0. The molecule has 0 aliphatic heterocycles. The van der Waals surface area contributed by atoms with Crippen molar-refractivity contribution >= 4 is 11.9 Å². The number of esters is 1. The lowest BCUT2D eigenvalue weighted by molar-refractivity contribution is -0.156. The Labute approximate surface area is 120 Å². The van der Waals surface area contributed by atoms with Gasteiger partial charge in [-0.15, -0.1) is 0 Å². The van der Waals surface area contributed by atoms with Gasteiger partial charge in [0.25, 0.3) is 0 Å². The first-order chi connectivity index (χ1) is 9.30. The summed E-state index contributed by atoms with van der Waals surface area (Å²) in [4.78, 5) is 25.1. The fourth-order valence-electron chi connectivity index (χ4n) is 1.51. The Morgan fingerprint density at radius 1 is 1.20 bits per heavy atom. The lowest BCUT2D eigenvalue weighted by Crippen LogP contribution is -2.35. The number of ether oxygens (including phenoxy) is 2. The normalized spacial score (nSPS) is 10.8. The molecule has 0 heterocycles. The summed E-state index contributed by atoms with van der Waals surface area (Å²) in [5.74, 6) is -0.555. The lowest BCUT2D eigenvalue weighted by Gasteiger charge is -2.22. The summed E-state index contributed by atoms with van der Waals surface area (Å²) in [5.41, 5.74) is -0.545. The van der Waals surface area contributed by atoms with Crippen LogP contribution < -0.4 is 0 Å². The molecule has 0 N–H and O–H groups in total. The number of carbonyl (C=O) groups excluding carboxylic acids is 2. The van der Waals surface area contributed by atoms with E-state index in [0.29, 0.717) is 19.7 Å². The highest BCUT2D eigenvalue weighted by Crippen LogP contribution is 2.10. The highest BCUT2D eigenvalue weighted by atomic mass is 16.6. The van der Waals surface area contributed by atoms with Crippen molar-refractivity contribution < 1.29 is 19.1 Å². The second-order valence-corrected chi connectivity index (χ2v) is 5.37. The molecular weight excluding hydrogens is 260 g/mol. The fourth-order valence-corrected chi connectivity index (χ4v) is 1.51. The van der Waals surface area contributed by atoms with Gasteiger partial charge < -0.3 is 14.4 Å². The average Bonchev–Trinajstić information content (AvgIpc) is 2.34. The van der Waals surface area contributed by atoms with Gasteiger partial charge in [0.05, 0.1) is 25.5 Å². The molecule has 0 rings (SSSR count). The summed E-state index contributed by atoms with van der Waals surface area (Å²) in [6, 6.07) is 2.00. The molecule has 0 spiro atoms. The number of nitrogens with zero attached hydrogens (tertiary/aromatic N) is 2. The summed E-state index contributed by atoms with van der Waals surface area (Å²) >= 11 is 0. The van der Waals surface area contributed by atoms with Gasteiger partial charge in [0.1, 0.15) is 5.60 Å². The number of methoxy groups -OCH3 is 1. The number of rotatable bonds is 8. The van der Waals surface area contributed by atoms with Crippen molar-refractivity contribution in [3.63, 3.8) is 0 Å². The predicted octanol–water partition coefficient (Wildman–Crippen LogP) is 1.50. The summed E-state index contributed by atoms with van der Waals surface area (Å²) in [6.07, 6.45) is 0.401. The number of hydrogen-bond donors (Lipinski definition) is 0. The SMILES string of the molecule is COCCN(CCC#N)C(=O)CCC(=O)OC(C)(C)C. The van der Waals surface area contributed by atoms with Gasteiger partial charge in [0, 0.05) is 26.6 Å². The van der Waals surface area contributed by atoms with Crippen LogP contribution in [0.1, 0.15) is 40.0 Å². The molecule has 0 radical (unpaired) electrons. The highest BCUT2D eigenvalue weighted by Gasteiger charge is 2.19. The third kappa shape index (κ3) is 9.34. The predicted molar refractivity (Wildman–Crippen MR) is 73.8 cm³/mol. The zero-order chi connectivity index (χ0) is 15.6. The van der Waals surface area contributed by atoms with E-state index < -0.39 is 11.6 Å². The van der Waals surface area contributed by atoms with Crippen LogP contribution in [0.4, 0.5) is 0 Å². The van der Waals surface area contributed by atoms with Crippen LogP contribution in [0.3, 0.4) is 0 Å². The Hall–Kier alpha value is -1.61. The maximum Gasteiger partial charge on any atom is 0.306 e. The van der Waals surface area contributed by atoms with Gasteiger partial charge in [0.2, 0.25) is 5.91 Å². The van der Waals surface area contributed by atoms with E-state index in [0.717, 1.165) is 0 Å². The molecule has 0 atom stereocenters. The van der Waals surface area contributed by atoms with Gasteiger partial charge in [-0.3, -0.25) is 9.59 Å². The highest BCUT2D eigenvalue weighted by molar-refractivity contribution is 5.81. The van der Waals surface area contributed by atoms with E-state index in [9.17, 15) is 9.59 Å². The number of carbonyl (C=O) groups is 2. The van der Waals surface area contributed by atoms with E-state index in [4.69, 9.17) is 14.7 Å². The van der Waals surface area contributed by atoms with Gasteiger partial charge >= 0.3 is 5.97 Å². The van der Waals surface area contributed by atoms with E-state index in [1.54, 1.807) is 27.9 Å². The first-order valence-electron chi connectivity index (χ1n) is 6.65. The minimum Gasteiger partial charge on any atom is -0.460 e. The minimum atomic E-state index is -0.545. The Balaban J connectivity index is 4.24. The second kappa shape index (κ2) is 9.32. The lowest BCUT2D eigenvalue weighted by atomic mass is 10.2. The van der Waals surface area contributed by atoms with E-state index in [1.165, 1.54) is 4.90 Å². The summed E-state index contributed by atoms with van der Waals surface area (Å²) in [7, 11) is 1.55.